The van der Waals surface area contributed by atoms with E-state index in [1.165, 1.54) is 0 Å². The van der Waals surface area contributed by atoms with E-state index in [1.54, 1.807) is 23.5 Å². The molecule has 0 bridgehead atoms. The fourth-order valence-corrected chi connectivity index (χ4v) is 1.84. The van der Waals surface area contributed by atoms with Crippen LogP contribution in [0.1, 0.15) is 18.9 Å². The molecule has 1 aromatic heterocycles. The zero-order valence-electron chi connectivity index (χ0n) is 8.03. The summed E-state index contributed by atoms with van der Waals surface area (Å²) in [4.78, 5) is 4.23. The topological polar surface area (TPSA) is 33.1 Å². The van der Waals surface area contributed by atoms with Crippen LogP contribution in [0.25, 0.3) is 10.2 Å². The molecular weight excluding hydrogens is 182 g/mol. The molecule has 70 valence electrons. The molecule has 0 aliphatic rings. The summed E-state index contributed by atoms with van der Waals surface area (Å²) in [5, 5.41) is 10.1. The van der Waals surface area contributed by atoms with Crippen LogP contribution in [0.2, 0.25) is 0 Å². The SMILES string of the molecule is CC.Cc1nc2cc(O)ccc2s1. The van der Waals surface area contributed by atoms with Gasteiger partial charge in [0.05, 0.1) is 15.2 Å². The number of hydrogen-bond acceptors (Lipinski definition) is 3. The van der Waals surface area contributed by atoms with E-state index in [2.05, 4.69) is 4.98 Å². The van der Waals surface area contributed by atoms with E-state index in [4.69, 9.17) is 5.11 Å². The van der Waals surface area contributed by atoms with Crippen LogP contribution in [0.5, 0.6) is 5.75 Å². The minimum absolute atomic E-state index is 0.280. The van der Waals surface area contributed by atoms with E-state index in [0.717, 1.165) is 15.2 Å². The Hall–Kier alpha value is -1.09. The van der Waals surface area contributed by atoms with Crippen LogP contribution in [0.15, 0.2) is 18.2 Å². The van der Waals surface area contributed by atoms with Gasteiger partial charge in [0, 0.05) is 6.07 Å². The third-order valence-corrected chi connectivity index (χ3v) is 2.43. The first-order chi connectivity index (χ1) is 6.25. The molecule has 0 spiro atoms. The van der Waals surface area contributed by atoms with Crippen LogP contribution in [0.3, 0.4) is 0 Å². The molecule has 2 aromatic rings. The predicted molar refractivity (Wildman–Crippen MR) is 57.4 cm³/mol. The maximum atomic E-state index is 9.10. The molecule has 0 radical (unpaired) electrons. The van der Waals surface area contributed by atoms with Gasteiger partial charge in [-0.05, 0) is 19.1 Å². The van der Waals surface area contributed by atoms with Crippen molar-refractivity contribution in [1.82, 2.24) is 4.98 Å². The van der Waals surface area contributed by atoms with Gasteiger partial charge in [0.25, 0.3) is 0 Å². The largest absolute Gasteiger partial charge is 0.508 e. The Morgan fingerprint density at radius 2 is 2.00 bits per heavy atom. The van der Waals surface area contributed by atoms with Crippen LogP contribution in [-0.2, 0) is 0 Å². The van der Waals surface area contributed by atoms with Crippen molar-refractivity contribution in [2.24, 2.45) is 0 Å². The number of benzene rings is 1. The third kappa shape index (κ3) is 2.18. The Kier molecular flexibility index (Phi) is 3.25. The Bertz CT molecular complexity index is 395. The maximum Gasteiger partial charge on any atom is 0.117 e. The summed E-state index contributed by atoms with van der Waals surface area (Å²) in [5.74, 6) is 0.280. The van der Waals surface area contributed by atoms with Crippen LogP contribution in [0.4, 0.5) is 0 Å². The highest BCUT2D eigenvalue weighted by atomic mass is 32.1. The zero-order valence-corrected chi connectivity index (χ0v) is 8.85. The number of fused-ring (bicyclic) bond motifs is 1. The minimum Gasteiger partial charge on any atom is -0.508 e. The monoisotopic (exact) mass is 195 g/mol. The van der Waals surface area contributed by atoms with Gasteiger partial charge in [0.1, 0.15) is 5.75 Å². The number of phenolic OH excluding ortho intramolecular Hbond substituents is 1. The summed E-state index contributed by atoms with van der Waals surface area (Å²) in [6, 6.07) is 5.24. The van der Waals surface area contributed by atoms with Gasteiger partial charge in [-0.3, -0.25) is 0 Å². The zero-order chi connectivity index (χ0) is 9.84. The summed E-state index contributed by atoms with van der Waals surface area (Å²) in [5.41, 5.74) is 0.882. The third-order valence-electron chi connectivity index (χ3n) is 1.48. The van der Waals surface area contributed by atoms with Gasteiger partial charge in [-0.15, -0.1) is 11.3 Å². The van der Waals surface area contributed by atoms with Crippen molar-refractivity contribution in [2.75, 3.05) is 0 Å². The van der Waals surface area contributed by atoms with Crippen LogP contribution in [0, 0.1) is 6.92 Å². The predicted octanol–water partition coefficient (Wildman–Crippen LogP) is 3.34. The van der Waals surface area contributed by atoms with E-state index in [-0.39, 0.29) is 5.75 Å². The lowest BCUT2D eigenvalue weighted by molar-refractivity contribution is 0.476. The Balaban J connectivity index is 0.000000396. The number of thiazole rings is 1. The molecular formula is C10H13NOS. The van der Waals surface area contributed by atoms with Gasteiger partial charge in [-0.25, -0.2) is 4.98 Å². The molecule has 0 unspecified atom stereocenters. The van der Waals surface area contributed by atoms with Crippen molar-refractivity contribution in [3.8, 4) is 5.75 Å². The number of aromatic nitrogens is 1. The lowest BCUT2D eigenvalue weighted by Crippen LogP contribution is -1.67. The maximum absolute atomic E-state index is 9.10. The average molecular weight is 195 g/mol. The van der Waals surface area contributed by atoms with E-state index in [9.17, 15) is 0 Å². The second-order valence-corrected chi connectivity index (χ2v) is 3.62. The summed E-state index contributed by atoms with van der Waals surface area (Å²) < 4.78 is 1.13. The van der Waals surface area contributed by atoms with E-state index < -0.39 is 0 Å². The second kappa shape index (κ2) is 4.23. The fraction of sp³-hybridized carbons (Fsp3) is 0.300. The van der Waals surface area contributed by atoms with Crippen molar-refractivity contribution >= 4 is 21.6 Å². The quantitative estimate of drug-likeness (QED) is 0.699. The molecule has 1 N–H and O–H groups in total. The molecule has 0 amide bonds. The van der Waals surface area contributed by atoms with Gasteiger partial charge >= 0.3 is 0 Å². The second-order valence-electron chi connectivity index (χ2n) is 2.38. The first-order valence-corrected chi connectivity index (χ1v) is 5.13. The van der Waals surface area contributed by atoms with Gasteiger partial charge < -0.3 is 5.11 Å². The van der Waals surface area contributed by atoms with Crippen molar-refractivity contribution < 1.29 is 5.11 Å². The van der Waals surface area contributed by atoms with E-state index >= 15 is 0 Å². The summed E-state index contributed by atoms with van der Waals surface area (Å²) >= 11 is 1.64. The lowest BCUT2D eigenvalue weighted by atomic mass is 10.3. The van der Waals surface area contributed by atoms with Crippen molar-refractivity contribution in [1.29, 1.82) is 0 Å². The first kappa shape index (κ1) is 9.99. The average Bonchev–Trinajstić information content (AvgIpc) is 2.48. The number of nitrogens with zero attached hydrogens (tertiary/aromatic N) is 1. The molecule has 2 nitrogen and oxygen atoms in total. The lowest BCUT2D eigenvalue weighted by Gasteiger charge is -1.87. The molecule has 1 aromatic carbocycles. The van der Waals surface area contributed by atoms with Crippen LogP contribution >= 0.6 is 11.3 Å². The highest BCUT2D eigenvalue weighted by Gasteiger charge is 1.99. The summed E-state index contributed by atoms with van der Waals surface area (Å²) in [6.07, 6.45) is 0. The first-order valence-electron chi connectivity index (χ1n) is 4.32. The van der Waals surface area contributed by atoms with E-state index in [0.29, 0.717) is 0 Å². The smallest absolute Gasteiger partial charge is 0.117 e. The fourth-order valence-electron chi connectivity index (χ4n) is 1.03. The van der Waals surface area contributed by atoms with Gasteiger partial charge in [0.2, 0.25) is 0 Å². The molecule has 0 saturated carbocycles. The minimum atomic E-state index is 0.280. The van der Waals surface area contributed by atoms with Crippen LogP contribution in [-0.4, -0.2) is 10.1 Å². The Morgan fingerprint density at radius 1 is 1.31 bits per heavy atom. The highest BCUT2D eigenvalue weighted by molar-refractivity contribution is 7.18. The number of aryl methyl sites for hydroxylation is 1. The molecule has 0 fully saturated rings. The molecule has 0 aliphatic carbocycles. The molecule has 1 heterocycles. The molecule has 0 saturated heterocycles. The highest BCUT2D eigenvalue weighted by Crippen LogP contribution is 2.24. The summed E-state index contributed by atoms with van der Waals surface area (Å²) in [7, 11) is 0. The van der Waals surface area contributed by atoms with Crippen molar-refractivity contribution in [2.45, 2.75) is 20.8 Å². The molecule has 3 heteroatoms. The number of rotatable bonds is 0. The molecule has 2 rings (SSSR count). The van der Waals surface area contributed by atoms with Gasteiger partial charge in [-0.1, -0.05) is 13.8 Å². The van der Waals surface area contributed by atoms with Gasteiger partial charge in [0.15, 0.2) is 0 Å². The number of aromatic hydroxyl groups is 1. The van der Waals surface area contributed by atoms with Crippen LogP contribution < -0.4 is 0 Å². The number of hydrogen-bond donors (Lipinski definition) is 1. The molecule has 0 aliphatic heterocycles. The number of phenols is 1. The van der Waals surface area contributed by atoms with E-state index in [1.807, 2.05) is 26.8 Å². The van der Waals surface area contributed by atoms with Crippen molar-refractivity contribution in [3.05, 3.63) is 23.2 Å². The van der Waals surface area contributed by atoms with Crippen molar-refractivity contribution in [3.63, 3.8) is 0 Å². The normalized spacial score (nSPS) is 9.46. The van der Waals surface area contributed by atoms with Gasteiger partial charge in [-0.2, -0.15) is 0 Å². The summed E-state index contributed by atoms with van der Waals surface area (Å²) in [6.45, 7) is 5.96. The molecule has 0 atom stereocenters. The Labute approximate surface area is 81.9 Å². The Morgan fingerprint density at radius 3 is 2.69 bits per heavy atom. The standard InChI is InChI=1S/C8H7NOS.C2H6/c1-5-9-7-4-6(10)2-3-8(7)11-5;1-2/h2-4,10H,1H3;1-2H3. The molecule has 13 heavy (non-hydrogen) atoms.